The number of rotatable bonds is 4. The quantitative estimate of drug-likeness (QED) is 0.337. The molecule has 1 amide bonds. The molecular formula is C21H21N7O3. The molecule has 0 spiro atoms. The van der Waals surface area contributed by atoms with Crippen LogP contribution in [0.15, 0.2) is 54.7 Å². The highest BCUT2D eigenvalue weighted by atomic mass is 16.4. The average Bonchev–Trinajstić information content (AvgIpc) is 3.11. The van der Waals surface area contributed by atoms with Crippen molar-refractivity contribution in [3.8, 4) is 0 Å². The number of H-pyrrole nitrogens is 1. The number of hydrogen-bond acceptors (Lipinski definition) is 7. The van der Waals surface area contributed by atoms with Crippen molar-refractivity contribution >= 4 is 45.9 Å². The molecule has 4 rings (SSSR count). The minimum absolute atomic E-state index is 0.183. The van der Waals surface area contributed by atoms with E-state index in [-0.39, 0.29) is 11.9 Å². The molecule has 0 bridgehead atoms. The zero-order chi connectivity index (χ0) is 22.4. The van der Waals surface area contributed by atoms with Gasteiger partial charge >= 0.3 is 0 Å². The van der Waals surface area contributed by atoms with Gasteiger partial charge in [0, 0.05) is 29.9 Å². The summed E-state index contributed by atoms with van der Waals surface area (Å²) in [5.41, 5.74) is 9.23. The molecule has 0 atom stereocenters. The second kappa shape index (κ2) is 9.35. The molecule has 0 unspecified atom stereocenters. The molecular weight excluding hydrogens is 398 g/mol. The Morgan fingerprint density at radius 1 is 1.10 bits per heavy atom. The lowest BCUT2D eigenvalue weighted by molar-refractivity contribution is -0.134. The molecule has 158 valence electrons. The number of nitrogens with two attached hydrogens (primary N) is 1. The monoisotopic (exact) mass is 419 g/mol. The largest absolute Gasteiger partial charge is 0.481 e. The van der Waals surface area contributed by atoms with Crippen LogP contribution in [0, 0.1) is 6.92 Å². The number of carboxylic acid groups (broad SMARTS) is 1. The van der Waals surface area contributed by atoms with E-state index in [0.29, 0.717) is 16.9 Å². The summed E-state index contributed by atoms with van der Waals surface area (Å²) in [5.74, 6) is -0.367. The maximum absolute atomic E-state index is 12.7. The number of aromatic amines is 1. The highest BCUT2D eigenvalue weighted by Gasteiger charge is 2.15. The summed E-state index contributed by atoms with van der Waals surface area (Å²) in [7, 11) is 0. The fraction of sp³-hybridized carbons (Fsp3) is 0.0952. The van der Waals surface area contributed by atoms with Gasteiger partial charge in [0.25, 0.3) is 11.9 Å². The number of nitrogen functional groups attached to an aromatic ring is 1. The summed E-state index contributed by atoms with van der Waals surface area (Å²) < 4.78 is 0. The zero-order valence-electron chi connectivity index (χ0n) is 16.9. The Kier molecular flexibility index (Phi) is 6.41. The van der Waals surface area contributed by atoms with Crippen LogP contribution in [0.5, 0.6) is 0 Å². The fourth-order valence-corrected chi connectivity index (χ4v) is 2.77. The van der Waals surface area contributed by atoms with E-state index in [9.17, 15) is 4.79 Å². The Bertz CT molecular complexity index is 1230. The van der Waals surface area contributed by atoms with Crippen molar-refractivity contribution in [2.75, 3.05) is 16.4 Å². The van der Waals surface area contributed by atoms with E-state index in [1.54, 1.807) is 12.3 Å². The first-order chi connectivity index (χ1) is 14.8. The summed E-state index contributed by atoms with van der Waals surface area (Å²) in [6, 6.07) is 14.9. The summed E-state index contributed by atoms with van der Waals surface area (Å²) in [6.45, 7) is 3.05. The van der Waals surface area contributed by atoms with Gasteiger partial charge in [-0.05, 0) is 48.9 Å². The predicted molar refractivity (Wildman–Crippen MR) is 118 cm³/mol. The van der Waals surface area contributed by atoms with Gasteiger partial charge in [-0.1, -0.05) is 12.1 Å². The number of aryl methyl sites for hydroxylation is 1. The Hall–Kier alpha value is -4.47. The number of aliphatic carboxylic acids is 1. The lowest BCUT2D eigenvalue weighted by Crippen LogP contribution is -2.12. The van der Waals surface area contributed by atoms with Crippen LogP contribution >= 0.6 is 0 Å². The van der Waals surface area contributed by atoms with Crippen LogP contribution < -0.4 is 16.4 Å². The van der Waals surface area contributed by atoms with Crippen LogP contribution in [0.2, 0.25) is 0 Å². The van der Waals surface area contributed by atoms with Crippen molar-refractivity contribution < 1.29 is 14.7 Å². The number of amides is 1. The number of fused-ring (bicyclic) bond motifs is 1. The number of anilines is 4. The van der Waals surface area contributed by atoms with E-state index in [1.165, 1.54) is 0 Å². The van der Waals surface area contributed by atoms with E-state index in [1.807, 2.05) is 49.4 Å². The van der Waals surface area contributed by atoms with Gasteiger partial charge in [0.05, 0.1) is 5.52 Å². The molecule has 10 nitrogen and oxygen atoms in total. The molecule has 6 N–H and O–H groups in total. The van der Waals surface area contributed by atoms with Crippen LogP contribution in [0.1, 0.15) is 23.0 Å². The summed E-state index contributed by atoms with van der Waals surface area (Å²) in [5, 5.41) is 21.2. The summed E-state index contributed by atoms with van der Waals surface area (Å²) >= 11 is 0. The maximum Gasteiger partial charge on any atom is 0.300 e. The van der Waals surface area contributed by atoms with E-state index in [2.05, 4.69) is 30.8 Å². The molecule has 2 heterocycles. The minimum atomic E-state index is -0.833. The van der Waals surface area contributed by atoms with Crippen molar-refractivity contribution in [1.82, 2.24) is 20.2 Å². The average molecular weight is 419 g/mol. The van der Waals surface area contributed by atoms with Gasteiger partial charge < -0.3 is 21.5 Å². The molecule has 0 radical (unpaired) electrons. The van der Waals surface area contributed by atoms with Gasteiger partial charge in [0.15, 0.2) is 5.69 Å². The van der Waals surface area contributed by atoms with Crippen molar-refractivity contribution in [2.24, 2.45) is 0 Å². The molecule has 2 aromatic carbocycles. The third-order valence-electron chi connectivity index (χ3n) is 4.00. The zero-order valence-corrected chi connectivity index (χ0v) is 16.9. The Balaban J connectivity index is 0.000000628. The number of nitrogens with zero attached hydrogens (tertiary/aromatic N) is 3. The number of hydrogen-bond donors (Lipinski definition) is 5. The van der Waals surface area contributed by atoms with Crippen molar-refractivity contribution in [2.45, 2.75) is 13.8 Å². The molecule has 0 saturated heterocycles. The number of benzene rings is 2. The number of carboxylic acids is 1. The SMILES string of the molecule is CC(=O)O.Cc1cccc(NC(=O)c2n[nH]c3ccc(Nc4ccnc(N)n4)cc23)c1. The van der Waals surface area contributed by atoms with Gasteiger partial charge in [0.1, 0.15) is 5.82 Å². The molecule has 0 aliphatic rings. The first kappa shape index (κ1) is 21.2. The molecule has 4 aromatic rings. The summed E-state index contributed by atoms with van der Waals surface area (Å²) in [6.07, 6.45) is 1.57. The topological polar surface area (TPSA) is 159 Å². The van der Waals surface area contributed by atoms with Gasteiger partial charge in [0.2, 0.25) is 5.95 Å². The number of carbonyl (C=O) groups excluding carboxylic acids is 1. The normalized spacial score (nSPS) is 10.1. The second-order valence-corrected chi connectivity index (χ2v) is 6.60. The molecule has 31 heavy (non-hydrogen) atoms. The van der Waals surface area contributed by atoms with Crippen LogP contribution in [0.3, 0.4) is 0 Å². The predicted octanol–water partition coefficient (Wildman–Crippen LogP) is 3.33. The smallest absolute Gasteiger partial charge is 0.300 e. The standard InChI is InChI=1S/C19H17N7O.C2H4O2/c1-11-3-2-4-12(9-11)23-18(27)17-14-10-13(5-6-15(14)25-26-17)22-16-7-8-21-19(20)24-16;1-2(3)4/h2-10H,1H3,(H,23,27)(H,25,26)(H3,20,21,22,24);1H3,(H,3,4). The van der Waals surface area contributed by atoms with Crippen molar-refractivity contribution in [3.63, 3.8) is 0 Å². The Labute approximate surface area is 177 Å². The fourth-order valence-electron chi connectivity index (χ4n) is 2.77. The third kappa shape index (κ3) is 5.76. The Morgan fingerprint density at radius 2 is 1.87 bits per heavy atom. The molecule has 0 fully saturated rings. The van der Waals surface area contributed by atoms with Gasteiger partial charge in [-0.2, -0.15) is 10.1 Å². The van der Waals surface area contributed by atoms with Crippen LogP contribution in [0.4, 0.5) is 23.1 Å². The Morgan fingerprint density at radius 3 is 2.58 bits per heavy atom. The molecule has 10 heteroatoms. The summed E-state index contributed by atoms with van der Waals surface area (Å²) in [4.78, 5) is 29.6. The van der Waals surface area contributed by atoms with Crippen LogP contribution in [-0.2, 0) is 4.79 Å². The first-order valence-corrected chi connectivity index (χ1v) is 9.23. The van der Waals surface area contributed by atoms with Crippen molar-refractivity contribution in [3.05, 3.63) is 66.0 Å². The number of nitrogens with one attached hydrogen (secondary N) is 3. The lowest BCUT2D eigenvalue weighted by atomic mass is 10.1. The molecule has 2 aromatic heterocycles. The second-order valence-electron chi connectivity index (χ2n) is 6.60. The highest BCUT2D eigenvalue weighted by Crippen LogP contribution is 2.24. The van der Waals surface area contributed by atoms with Crippen LogP contribution in [-0.4, -0.2) is 37.1 Å². The molecule has 0 aliphatic carbocycles. The number of carbonyl (C=O) groups is 2. The van der Waals surface area contributed by atoms with Crippen LogP contribution in [0.25, 0.3) is 10.9 Å². The van der Waals surface area contributed by atoms with Gasteiger partial charge in [-0.15, -0.1) is 0 Å². The number of aromatic nitrogens is 4. The van der Waals surface area contributed by atoms with Gasteiger partial charge in [-0.25, -0.2) is 4.98 Å². The van der Waals surface area contributed by atoms with E-state index >= 15 is 0 Å². The minimum Gasteiger partial charge on any atom is -0.481 e. The lowest BCUT2D eigenvalue weighted by Gasteiger charge is -2.07. The van der Waals surface area contributed by atoms with E-state index < -0.39 is 5.97 Å². The maximum atomic E-state index is 12.7. The molecule has 0 aliphatic heterocycles. The van der Waals surface area contributed by atoms with E-state index in [4.69, 9.17) is 15.6 Å². The third-order valence-corrected chi connectivity index (χ3v) is 4.00. The highest BCUT2D eigenvalue weighted by molar-refractivity contribution is 6.11. The molecule has 0 saturated carbocycles. The van der Waals surface area contributed by atoms with E-state index in [0.717, 1.165) is 29.4 Å². The van der Waals surface area contributed by atoms with Crippen molar-refractivity contribution in [1.29, 1.82) is 0 Å². The van der Waals surface area contributed by atoms with Gasteiger partial charge in [-0.3, -0.25) is 14.7 Å². The first-order valence-electron chi connectivity index (χ1n) is 9.23.